The molecule has 6 nitrogen and oxygen atoms in total. The monoisotopic (exact) mass is 355 g/mol. The van der Waals surface area contributed by atoms with Gasteiger partial charge in [-0.1, -0.05) is 12.1 Å². The molecule has 128 valence electrons. The van der Waals surface area contributed by atoms with Crippen LogP contribution in [0.4, 0.5) is 11.4 Å². The van der Waals surface area contributed by atoms with Crippen LogP contribution in [0.15, 0.2) is 53.4 Å². The summed E-state index contributed by atoms with van der Waals surface area (Å²) in [4.78, 5) is 13.7. The van der Waals surface area contributed by atoms with Crippen molar-refractivity contribution in [3.8, 4) is 6.07 Å². The quantitative estimate of drug-likeness (QED) is 0.913. The first-order chi connectivity index (χ1) is 12.0. The van der Waals surface area contributed by atoms with Crippen molar-refractivity contribution in [2.75, 3.05) is 16.2 Å². The fourth-order valence-electron chi connectivity index (χ4n) is 2.76. The number of rotatable bonds is 4. The summed E-state index contributed by atoms with van der Waals surface area (Å²) in [7, 11) is -3.81. The van der Waals surface area contributed by atoms with Crippen molar-refractivity contribution >= 4 is 27.3 Å². The lowest BCUT2D eigenvalue weighted by Gasteiger charge is -2.26. The molecule has 7 heteroatoms. The van der Waals surface area contributed by atoms with Crippen LogP contribution in [0, 0.1) is 11.3 Å². The van der Waals surface area contributed by atoms with Crippen molar-refractivity contribution in [1.82, 2.24) is 0 Å². The molecule has 2 aromatic carbocycles. The van der Waals surface area contributed by atoms with Gasteiger partial charge in [-0.05, 0) is 49.2 Å². The largest absolute Gasteiger partial charge is 0.312 e. The second-order valence-electron chi connectivity index (χ2n) is 5.76. The number of nitriles is 1. The third-order valence-corrected chi connectivity index (χ3v) is 5.46. The zero-order valence-electron chi connectivity index (χ0n) is 13.5. The number of sulfonamides is 1. The van der Waals surface area contributed by atoms with E-state index in [0.717, 1.165) is 12.8 Å². The van der Waals surface area contributed by atoms with Gasteiger partial charge in [-0.25, -0.2) is 8.42 Å². The predicted molar refractivity (Wildman–Crippen MR) is 94.6 cm³/mol. The van der Waals surface area contributed by atoms with Gasteiger partial charge in [0.2, 0.25) is 5.91 Å². The molecular formula is C18H17N3O3S. The van der Waals surface area contributed by atoms with Crippen molar-refractivity contribution in [3.05, 3.63) is 54.1 Å². The molecule has 1 heterocycles. The number of nitrogens with one attached hydrogen (secondary N) is 1. The number of nitrogens with zero attached hydrogens (tertiary/aromatic N) is 2. The van der Waals surface area contributed by atoms with Crippen LogP contribution in [0.3, 0.4) is 0 Å². The van der Waals surface area contributed by atoms with E-state index in [2.05, 4.69) is 4.72 Å². The van der Waals surface area contributed by atoms with Gasteiger partial charge in [0.15, 0.2) is 0 Å². The summed E-state index contributed by atoms with van der Waals surface area (Å²) >= 11 is 0. The Morgan fingerprint density at radius 1 is 1.04 bits per heavy atom. The third-order valence-electron chi connectivity index (χ3n) is 4.07. The Labute approximate surface area is 146 Å². The highest BCUT2D eigenvalue weighted by Gasteiger charge is 2.21. The summed E-state index contributed by atoms with van der Waals surface area (Å²) in [5.74, 6) is 0.0583. The van der Waals surface area contributed by atoms with Gasteiger partial charge in [0, 0.05) is 18.7 Å². The first-order valence-electron chi connectivity index (χ1n) is 7.94. The standard InChI is InChI=1S/C18H17N3O3S/c19-13-14-5-1-2-6-17(14)20-25(23,24)16-10-8-15(9-11-16)21-12-4-3-7-18(21)22/h1-2,5-6,8-11,20H,3-4,7,12H2. The van der Waals surface area contributed by atoms with Crippen LogP contribution >= 0.6 is 0 Å². The Kier molecular flexibility index (Phi) is 4.72. The van der Waals surface area contributed by atoms with E-state index in [4.69, 9.17) is 5.26 Å². The Bertz CT molecular complexity index is 931. The molecule has 2 aromatic rings. The fraction of sp³-hybridized carbons (Fsp3) is 0.222. The molecule has 25 heavy (non-hydrogen) atoms. The van der Waals surface area contributed by atoms with Crippen LogP contribution in [-0.4, -0.2) is 20.9 Å². The molecule has 0 unspecified atom stereocenters. The topological polar surface area (TPSA) is 90.3 Å². The first kappa shape index (κ1) is 17.0. The maximum Gasteiger partial charge on any atom is 0.261 e. The summed E-state index contributed by atoms with van der Waals surface area (Å²) in [5.41, 5.74) is 1.18. The van der Waals surface area contributed by atoms with Crippen molar-refractivity contribution < 1.29 is 13.2 Å². The maximum atomic E-state index is 12.5. The number of anilines is 2. The van der Waals surface area contributed by atoms with E-state index in [-0.39, 0.29) is 22.1 Å². The summed E-state index contributed by atoms with van der Waals surface area (Å²) < 4.78 is 27.5. The zero-order chi connectivity index (χ0) is 17.9. The maximum absolute atomic E-state index is 12.5. The van der Waals surface area contributed by atoms with E-state index in [0.29, 0.717) is 18.7 Å². The van der Waals surface area contributed by atoms with E-state index in [1.165, 1.54) is 18.2 Å². The molecule has 0 saturated carbocycles. The molecule has 1 fully saturated rings. The smallest absolute Gasteiger partial charge is 0.261 e. The number of para-hydroxylation sites is 1. The van der Waals surface area contributed by atoms with Gasteiger partial charge in [0.1, 0.15) is 6.07 Å². The molecular weight excluding hydrogens is 338 g/mol. The second-order valence-corrected chi connectivity index (χ2v) is 7.44. The van der Waals surface area contributed by atoms with E-state index in [1.807, 2.05) is 6.07 Å². The highest BCUT2D eigenvalue weighted by atomic mass is 32.2. The lowest BCUT2D eigenvalue weighted by molar-refractivity contribution is -0.119. The molecule has 1 aliphatic rings. The van der Waals surface area contributed by atoms with Crippen LogP contribution in [0.25, 0.3) is 0 Å². The normalized spacial score (nSPS) is 14.8. The zero-order valence-corrected chi connectivity index (χ0v) is 14.3. The number of hydrogen-bond acceptors (Lipinski definition) is 4. The number of piperidine rings is 1. The minimum absolute atomic E-state index is 0.0583. The minimum atomic E-state index is -3.81. The molecule has 0 aliphatic carbocycles. The highest BCUT2D eigenvalue weighted by Crippen LogP contribution is 2.24. The van der Waals surface area contributed by atoms with Crippen LogP contribution < -0.4 is 9.62 Å². The van der Waals surface area contributed by atoms with E-state index >= 15 is 0 Å². The molecule has 0 atom stereocenters. The third kappa shape index (κ3) is 3.64. The number of benzene rings is 2. The molecule has 1 saturated heterocycles. The van der Waals surface area contributed by atoms with Crippen LogP contribution in [0.1, 0.15) is 24.8 Å². The molecule has 0 aromatic heterocycles. The van der Waals surface area contributed by atoms with Crippen molar-refractivity contribution in [1.29, 1.82) is 5.26 Å². The molecule has 3 rings (SSSR count). The Balaban J connectivity index is 1.83. The molecule has 0 spiro atoms. The lowest BCUT2D eigenvalue weighted by atomic mass is 10.1. The van der Waals surface area contributed by atoms with Crippen LogP contribution in [0.2, 0.25) is 0 Å². The highest BCUT2D eigenvalue weighted by molar-refractivity contribution is 7.92. The SMILES string of the molecule is N#Cc1ccccc1NS(=O)(=O)c1ccc(N2CCCCC2=O)cc1. The van der Waals surface area contributed by atoms with Crippen molar-refractivity contribution in [2.45, 2.75) is 24.2 Å². The van der Waals surface area contributed by atoms with Gasteiger partial charge in [-0.3, -0.25) is 9.52 Å². The summed E-state index contributed by atoms with van der Waals surface area (Å²) in [6, 6.07) is 14.6. The average Bonchev–Trinajstić information content (AvgIpc) is 2.62. The van der Waals surface area contributed by atoms with Crippen LogP contribution in [0.5, 0.6) is 0 Å². The second kappa shape index (κ2) is 6.95. The molecule has 1 amide bonds. The van der Waals surface area contributed by atoms with Gasteiger partial charge < -0.3 is 4.90 Å². The predicted octanol–water partition coefficient (Wildman–Crippen LogP) is 2.88. The van der Waals surface area contributed by atoms with Crippen LogP contribution in [-0.2, 0) is 14.8 Å². The number of carbonyl (C=O) groups excluding carboxylic acids is 1. The number of carbonyl (C=O) groups is 1. The molecule has 1 N–H and O–H groups in total. The molecule has 0 radical (unpaired) electrons. The first-order valence-corrected chi connectivity index (χ1v) is 9.42. The van der Waals surface area contributed by atoms with Gasteiger partial charge in [-0.2, -0.15) is 5.26 Å². The van der Waals surface area contributed by atoms with Crippen molar-refractivity contribution in [2.24, 2.45) is 0 Å². The van der Waals surface area contributed by atoms with Gasteiger partial charge in [0.25, 0.3) is 10.0 Å². The van der Waals surface area contributed by atoms with Gasteiger partial charge >= 0.3 is 0 Å². The molecule has 0 bridgehead atoms. The average molecular weight is 355 g/mol. The minimum Gasteiger partial charge on any atom is -0.312 e. The summed E-state index contributed by atoms with van der Waals surface area (Å²) in [6.45, 7) is 0.652. The fourth-order valence-corrected chi connectivity index (χ4v) is 3.84. The Morgan fingerprint density at radius 3 is 2.44 bits per heavy atom. The Morgan fingerprint density at radius 2 is 1.76 bits per heavy atom. The van der Waals surface area contributed by atoms with Crippen molar-refractivity contribution in [3.63, 3.8) is 0 Å². The summed E-state index contributed by atoms with van der Waals surface area (Å²) in [6.07, 6.45) is 2.36. The van der Waals surface area contributed by atoms with E-state index in [9.17, 15) is 13.2 Å². The van der Waals surface area contributed by atoms with Gasteiger partial charge in [-0.15, -0.1) is 0 Å². The van der Waals surface area contributed by atoms with E-state index in [1.54, 1.807) is 35.2 Å². The lowest BCUT2D eigenvalue weighted by Crippen LogP contribution is -2.35. The van der Waals surface area contributed by atoms with E-state index < -0.39 is 10.0 Å². The van der Waals surface area contributed by atoms with Gasteiger partial charge in [0.05, 0.1) is 16.1 Å². The summed E-state index contributed by atoms with van der Waals surface area (Å²) in [5, 5.41) is 9.07. The number of hydrogen-bond donors (Lipinski definition) is 1. The Hall–Kier alpha value is -2.85. The number of amides is 1. The molecule has 1 aliphatic heterocycles.